The zero-order valence-electron chi connectivity index (χ0n) is 11.5. The van der Waals surface area contributed by atoms with Gasteiger partial charge in [-0.3, -0.25) is 4.79 Å². The van der Waals surface area contributed by atoms with E-state index in [0.29, 0.717) is 17.4 Å². The number of aliphatic hydroxyl groups is 2. The van der Waals surface area contributed by atoms with Gasteiger partial charge >= 0.3 is 0 Å². The fourth-order valence-electron chi connectivity index (χ4n) is 4.00. The van der Waals surface area contributed by atoms with Gasteiger partial charge in [-0.15, -0.1) is 0 Å². The van der Waals surface area contributed by atoms with Gasteiger partial charge in [0, 0.05) is 5.92 Å². The molecule has 0 bridgehead atoms. The molecule has 0 aromatic carbocycles. The van der Waals surface area contributed by atoms with Gasteiger partial charge < -0.3 is 10.2 Å². The van der Waals surface area contributed by atoms with E-state index >= 15 is 0 Å². The van der Waals surface area contributed by atoms with Crippen LogP contribution in [0, 0.1) is 29.1 Å². The molecule has 0 aromatic rings. The maximum atomic E-state index is 11.1. The van der Waals surface area contributed by atoms with Crippen molar-refractivity contribution in [1.82, 2.24) is 0 Å². The molecule has 0 heterocycles. The number of hydrogen-bond donors (Lipinski definition) is 2. The number of aldehydes is 1. The fourth-order valence-corrected chi connectivity index (χ4v) is 4.00. The lowest BCUT2D eigenvalue weighted by atomic mass is 9.81. The second-order valence-electron chi connectivity index (χ2n) is 6.82. The maximum absolute atomic E-state index is 11.1. The molecular formula is C15H24O3. The van der Waals surface area contributed by atoms with Gasteiger partial charge in [-0.05, 0) is 41.6 Å². The summed E-state index contributed by atoms with van der Waals surface area (Å²) in [4.78, 5) is 11.1. The molecule has 102 valence electrons. The van der Waals surface area contributed by atoms with Crippen molar-refractivity contribution in [3.05, 3.63) is 11.6 Å². The summed E-state index contributed by atoms with van der Waals surface area (Å²) < 4.78 is 0. The Morgan fingerprint density at radius 3 is 2.56 bits per heavy atom. The van der Waals surface area contributed by atoms with Crippen LogP contribution in [0.5, 0.6) is 0 Å². The van der Waals surface area contributed by atoms with Crippen LogP contribution in [0.1, 0.15) is 33.6 Å². The second-order valence-corrected chi connectivity index (χ2v) is 6.82. The Bertz CT molecular complexity index is 359. The standard InChI is InChI=1S/C15H24O3/c1-9-4-10(7-16)13(8-17)14(18)12-6-15(2,3)5-11(9)12/h4,7,9,11-14,17-18H,5-6,8H2,1-3H3/t9-,11-,12-,13+,14-/m1/s1. The molecule has 2 aliphatic rings. The average Bonchev–Trinajstić information content (AvgIpc) is 2.60. The van der Waals surface area contributed by atoms with E-state index in [0.717, 1.165) is 19.1 Å². The lowest BCUT2D eigenvalue weighted by molar-refractivity contribution is -0.106. The van der Waals surface area contributed by atoms with E-state index in [2.05, 4.69) is 20.8 Å². The molecule has 1 saturated carbocycles. The van der Waals surface area contributed by atoms with Crippen LogP contribution in [-0.2, 0) is 4.79 Å². The zero-order chi connectivity index (χ0) is 13.5. The minimum absolute atomic E-state index is 0.151. The second kappa shape index (κ2) is 4.78. The van der Waals surface area contributed by atoms with Gasteiger partial charge in [0.1, 0.15) is 6.29 Å². The van der Waals surface area contributed by atoms with E-state index in [1.54, 1.807) is 0 Å². The summed E-state index contributed by atoms with van der Waals surface area (Å²) in [5.74, 6) is 0.499. The number of carbonyl (C=O) groups is 1. The fraction of sp³-hybridized carbons (Fsp3) is 0.800. The summed E-state index contributed by atoms with van der Waals surface area (Å²) in [5, 5.41) is 20.0. The van der Waals surface area contributed by atoms with Gasteiger partial charge in [0.25, 0.3) is 0 Å². The Morgan fingerprint density at radius 2 is 2.00 bits per heavy atom. The Hall–Kier alpha value is -0.670. The molecule has 2 rings (SSSR count). The minimum Gasteiger partial charge on any atom is -0.396 e. The number of allylic oxidation sites excluding steroid dienone is 1. The van der Waals surface area contributed by atoms with E-state index in [-0.39, 0.29) is 17.9 Å². The first-order valence-corrected chi connectivity index (χ1v) is 6.85. The number of rotatable bonds is 2. The van der Waals surface area contributed by atoms with Crippen molar-refractivity contribution >= 4 is 6.29 Å². The van der Waals surface area contributed by atoms with Gasteiger partial charge in [0.15, 0.2) is 0 Å². The Labute approximate surface area is 109 Å². The molecule has 0 spiro atoms. The first-order chi connectivity index (χ1) is 8.39. The Balaban J connectivity index is 2.36. The Kier molecular flexibility index (Phi) is 3.65. The number of hydrogen-bond acceptors (Lipinski definition) is 3. The topological polar surface area (TPSA) is 57.5 Å². The van der Waals surface area contributed by atoms with Gasteiger partial charge in [-0.25, -0.2) is 0 Å². The molecule has 0 radical (unpaired) electrons. The molecule has 0 aliphatic heterocycles. The summed E-state index contributed by atoms with van der Waals surface area (Å²) in [6.07, 6.45) is 4.22. The molecule has 2 aliphatic carbocycles. The van der Waals surface area contributed by atoms with Crippen LogP contribution in [0.25, 0.3) is 0 Å². The molecule has 2 N–H and O–H groups in total. The normalized spacial score (nSPS) is 42.9. The van der Waals surface area contributed by atoms with E-state index in [1.165, 1.54) is 0 Å². The molecule has 18 heavy (non-hydrogen) atoms. The summed E-state index contributed by atoms with van der Waals surface area (Å²) in [6.45, 7) is 6.44. The highest BCUT2D eigenvalue weighted by Gasteiger charge is 2.48. The van der Waals surface area contributed by atoms with Crippen LogP contribution in [0.4, 0.5) is 0 Å². The van der Waals surface area contributed by atoms with Crippen LogP contribution in [0.2, 0.25) is 0 Å². The van der Waals surface area contributed by atoms with E-state index < -0.39 is 12.0 Å². The van der Waals surface area contributed by atoms with Crippen LogP contribution in [0.3, 0.4) is 0 Å². The van der Waals surface area contributed by atoms with Gasteiger partial charge in [-0.1, -0.05) is 26.8 Å². The van der Waals surface area contributed by atoms with Crippen molar-refractivity contribution in [3.8, 4) is 0 Å². The van der Waals surface area contributed by atoms with E-state index in [1.807, 2.05) is 6.08 Å². The number of fused-ring (bicyclic) bond motifs is 1. The van der Waals surface area contributed by atoms with Crippen molar-refractivity contribution < 1.29 is 15.0 Å². The zero-order valence-corrected chi connectivity index (χ0v) is 11.5. The molecular weight excluding hydrogens is 228 g/mol. The summed E-state index contributed by atoms with van der Waals surface area (Å²) in [5.41, 5.74) is 0.821. The quantitative estimate of drug-likeness (QED) is 0.737. The third-order valence-electron chi connectivity index (χ3n) is 4.87. The van der Waals surface area contributed by atoms with Crippen molar-refractivity contribution in [3.63, 3.8) is 0 Å². The molecule has 1 fully saturated rings. The summed E-state index contributed by atoms with van der Waals surface area (Å²) in [6, 6.07) is 0. The molecule has 3 nitrogen and oxygen atoms in total. The van der Waals surface area contributed by atoms with Crippen LogP contribution in [0.15, 0.2) is 11.6 Å². The molecule has 3 heteroatoms. The maximum Gasteiger partial charge on any atom is 0.146 e. The summed E-state index contributed by atoms with van der Waals surface area (Å²) in [7, 11) is 0. The van der Waals surface area contributed by atoms with Crippen molar-refractivity contribution in [2.45, 2.75) is 39.7 Å². The third kappa shape index (κ3) is 2.26. The first-order valence-electron chi connectivity index (χ1n) is 6.85. The first kappa shape index (κ1) is 13.8. The average molecular weight is 252 g/mol. The van der Waals surface area contributed by atoms with Crippen molar-refractivity contribution in [1.29, 1.82) is 0 Å². The SMILES string of the molecule is C[C@@H]1C=C(C=O)[C@H](CO)[C@H](O)[C@@H]2CC(C)(C)C[C@@H]21. The van der Waals surface area contributed by atoms with Crippen LogP contribution < -0.4 is 0 Å². The number of carbonyl (C=O) groups excluding carboxylic acids is 1. The molecule has 0 saturated heterocycles. The molecule has 0 unspecified atom stereocenters. The lowest BCUT2D eigenvalue weighted by Gasteiger charge is -2.28. The highest BCUT2D eigenvalue weighted by atomic mass is 16.3. The van der Waals surface area contributed by atoms with Crippen molar-refractivity contribution in [2.75, 3.05) is 6.61 Å². The van der Waals surface area contributed by atoms with Gasteiger partial charge in [0.2, 0.25) is 0 Å². The highest BCUT2D eigenvalue weighted by molar-refractivity contribution is 5.74. The van der Waals surface area contributed by atoms with Gasteiger partial charge in [-0.2, -0.15) is 0 Å². The van der Waals surface area contributed by atoms with E-state index in [4.69, 9.17) is 0 Å². The number of aliphatic hydroxyl groups excluding tert-OH is 2. The van der Waals surface area contributed by atoms with E-state index in [9.17, 15) is 15.0 Å². The highest BCUT2D eigenvalue weighted by Crippen LogP contribution is 2.52. The minimum atomic E-state index is -0.594. The monoisotopic (exact) mass is 252 g/mol. The predicted octanol–water partition coefficient (Wildman–Crippen LogP) is 1.78. The van der Waals surface area contributed by atoms with Gasteiger partial charge in [0.05, 0.1) is 12.7 Å². The third-order valence-corrected chi connectivity index (χ3v) is 4.87. The van der Waals surface area contributed by atoms with Crippen LogP contribution in [-0.4, -0.2) is 29.2 Å². The molecule has 5 atom stereocenters. The Morgan fingerprint density at radius 1 is 1.39 bits per heavy atom. The largest absolute Gasteiger partial charge is 0.396 e. The predicted molar refractivity (Wildman–Crippen MR) is 69.9 cm³/mol. The van der Waals surface area contributed by atoms with Crippen LogP contribution >= 0.6 is 0 Å². The summed E-state index contributed by atoms with van der Waals surface area (Å²) >= 11 is 0. The smallest absolute Gasteiger partial charge is 0.146 e. The van der Waals surface area contributed by atoms with Crippen molar-refractivity contribution in [2.24, 2.45) is 29.1 Å². The molecule has 0 amide bonds. The lowest BCUT2D eigenvalue weighted by Crippen LogP contribution is -2.34. The molecule has 0 aromatic heterocycles.